The summed E-state index contributed by atoms with van der Waals surface area (Å²) in [6, 6.07) is 0. The van der Waals surface area contributed by atoms with Crippen LogP contribution < -0.4 is 5.32 Å². The van der Waals surface area contributed by atoms with Crippen LogP contribution in [0.4, 0.5) is 13.2 Å². The van der Waals surface area contributed by atoms with Crippen LogP contribution in [0.15, 0.2) is 11.6 Å². The Bertz CT molecular complexity index is 381. The van der Waals surface area contributed by atoms with Gasteiger partial charge < -0.3 is 5.32 Å². The molecule has 1 aromatic heterocycles. The van der Waals surface area contributed by atoms with Crippen LogP contribution in [0.5, 0.6) is 0 Å². The summed E-state index contributed by atoms with van der Waals surface area (Å²) in [4.78, 5) is 4.33. The van der Waals surface area contributed by atoms with Gasteiger partial charge >= 0.3 is 6.18 Å². The molecular weight excluding hydrogens is 273 g/mol. The van der Waals surface area contributed by atoms with Crippen molar-refractivity contribution in [2.24, 2.45) is 5.92 Å². The minimum atomic E-state index is -4.06. The topological polar surface area (TPSA) is 24.9 Å². The van der Waals surface area contributed by atoms with E-state index < -0.39 is 12.1 Å². The van der Waals surface area contributed by atoms with Gasteiger partial charge in [0.15, 0.2) is 0 Å². The maximum atomic E-state index is 12.8. The molecule has 0 unspecified atom stereocenters. The van der Waals surface area contributed by atoms with Gasteiger partial charge in [-0.25, -0.2) is 4.98 Å². The van der Waals surface area contributed by atoms with Gasteiger partial charge in [0.2, 0.25) is 0 Å². The Balaban J connectivity index is 2.10. The molecular formula is C13H19F3N2S. The number of halogens is 3. The van der Waals surface area contributed by atoms with E-state index in [4.69, 9.17) is 0 Å². The quantitative estimate of drug-likeness (QED) is 0.904. The third-order valence-corrected chi connectivity index (χ3v) is 4.83. The molecule has 1 saturated carbocycles. The van der Waals surface area contributed by atoms with Crippen LogP contribution in [0.1, 0.15) is 44.0 Å². The summed E-state index contributed by atoms with van der Waals surface area (Å²) in [5.74, 6) is -1.15. The first kappa shape index (κ1) is 14.8. The first-order chi connectivity index (χ1) is 8.98. The summed E-state index contributed by atoms with van der Waals surface area (Å²) in [6.45, 7) is 2.88. The van der Waals surface area contributed by atoms with Crippen LogP contribution in [0.25, 0.3) is 0 Å². The molecule has 0 atom stereocenters. The first-order valence-electron chi connectivity index (χ1n) is 6.69. The van der Waals surface area contributed by atoms with Gasteiger partial charge in [-0.2, -0.15) is 13.2 Å². The van der Waals surface area contributed by atoms with Crippen molar-refractivity contribution in [2.45, 2.75) is 50.7 Å². The van der Waals surface area contributed by atoms with Crippen LogP contribution in [0.2, 0.25) is 0 Å². The molecule has 0 amide bonds. The first-order valence-corrected chi connectivity index (χ1v) is 7.57. The highest BCUT2D eigenvalue weighted by molar-refractivity contribution is 7.09. The number of hydrogen-bond donors (Lipinski definition) is 1. The third kappa shape index (κ3) is 3.28. The number of alkyl halides is 3. The summed E-state index contributed by atoms with van der Waals surface area (Å²) in [5, 5.41) is 6.26. The van der Waals surface area contributed by atoms with Gasteiger partial charge in [-0.05, 0) is 38.6 Å². The van der Waals surface area contributed by atoms with E-state index in [2.05, 4.69) is 17.2 Å². The second-order valence-corrected chi connectivity index (χ2v) is 6.06. The number of rotatable bonds is 4. The van der Waals surface area contributed by atoms with E-state index in [0.29, 0.717) is 12.8 Å². The van der Waals surface area contributed by atoms with Crippen LogP contribution in [-0.4, -0.2) is 17.7 Å². The van der Waals surface area contributed by atoms with Gasteiger partial charge in [0.1, 0.15) is 5.01 Å². The fourth-order valence-corrected chi connectivity index (χ4v) is 3.60. The standard InChI is InChI=1S/C13H19F3N2S/c1-2-7-18-12(11-17-8-9-19-11)5-3-10(4-6-12)13(14,15)16/h8-10,18H,2-7H2,1H3. The van der Waals surface area contributed by atoms with Crippen LogP contribution >= 0.6 is 11.3 Å². The summed E-state index contributed by atoms with van der Waals surface area (Å²) in [6.07, 6.45) is 0.0653. The van der Waals surface area contributed by atoms with Crippen molar-refractivity contribution in [2.75, 3.05) is 6.54 Å². The molecule has 2 rings (SSSR count). The summed E-state index contributed by atoms with van der Waals surface area (Å²) >= 11 is 1.53. The molecule has 0 bridgehead atoms. The molecule has 19 heavy (non-hydrogen) atoms. The molecule has 1 aromatic rings. The Morgan fingerprint density at radius 1 is 1.42 bits per heavy atom. The molecule has 0 aromatic carbocycles. The summed E-state index contributed by atoms with van der Waals surface area (Å²) in [7, 11) is 0. The minimum absolute atomic E-state index is 0.194. The Kier molecular flexibility index (Phi) is 4.50. The average molecular weight is 292 g/mol. The van der Waals surface area contributed by atoms with Gasteiger partial charge in [0, 0.05) is 11.6 Å². The number of thiazole rings is 1. The van der Waals surface area contributed by atoms with Crippen molar-refractivity contribution in [1.82, 2.24) is 10.3 Å². The fourth-order valence-electron chi connectivity index (χ4n) is 2.73. The van der Waals surface area contributed by atoms with Crippen molar-refractivity contribution in [3.63, 3.8) is 0 Å². The second kappa shape index (κ2) is 5.79. The Morgan fingerprint density at radius 2 is 2.11 bits per heavy atom. The lowest BCUT2D eigenvalue weighted by Crippen LogP contribution is -2.47. The molecule has 0 spiro atoms. The zero-order valence-electron chi connectivity index (χ0n) is 11.0. The molecule has 108 valence electrons. The highest BCUT2D eigenvalue weighted by Gasteiger charge is 2.47. The van der Waals surface area contributed by atoms with Crippen LogP contribution in [-0.2, 0) is 5.54 Å². The van der Waals surface area contributed by atoms with Gasteiger partial charge in [0.05, 0.1) is 11.5 Å². The lowest BCUT2D eigenvalue weighted by atomic mass is 9.76. The number of nitrogens with one attached hydrogen (secondary N) is 1. The SMILES string of the molecule is CCCNC1(c2nccs2)CCC(C(F)(F)F)CC1. The zero-order chi connectivity index (χ0) is 13.9. The normalized spacial score (nSPS) is 28.5. The number of aromatic nitrogens is 1. The van der Waals surface area contributed by atoms with E-state index in [1.165, 1.54) is 11.3 Å². The van der Waals surface area contributed by atoms with E-state index in [9.17, 15) is 13.2 Å². The predicted molar refractivity (Wildman–Crippen MR) is 70.1 cm³/mol. The molecule has 1 aliphatic carbocycles. The van der Waals surface area contributed by atoms with Crippen molar-refractivity contribution < 1.29 is 13.2 Å². The Morgan fingerprint density at radius 3 is 2.58 bits per heavy atom. The summed E-state index contributed by atoms with van der Waals surface area (Å²) in [5.41, 5.74) is -0.341. The molecule has 1 heterocycles. The highest BCUT2D eigenvalue weighted by Crippen LogP contribution is 2.45. The fraction of sp³-hybridized carbons (Fsp3) is 0.769. The molecule has 1 fully saturated rings. The van der Waals surface area contributed by atoms with E-state index in [0.717, 1.165) is 18.0 Å². The van der Waals surface area contributed by atoms with E-state index in [-0.39, 0.29) is 18.4 Å². The predicted octanol–water partition coefficient (Wildman–Crippen LogP) is 4.09. The Hall–Kier alpha value is -0.620. The van der Waals surface area contributed by atoms with Crippen molar-refractivity contribution in [3.8, 4) is 0 Å². The van der Waals surface area contributed by atoms with Crippen LogP contribution in [0.3, 0.4) is 0 Å². The van der Waals surface area contributed by atoms with E-state index in [1.54, 1.807) is 6.20 Å². The van der Waals surface area contributed by atoms with Crippen molar-refractivity contribution >= 4 is 11.3 Å². The third-order valence-electron chi connectivity index (χ3n) is 3.86. The maximum Gasteiger partial charge on any atom is 0.391 e. The molecule has 0 radical (unpaired) electrons. The lowest BCUT2D eigenvalue weighted by molar-refractivity contribution is -0.185. The van der Waals surface area contributed by atoms with E-state index in [1.807, 2.05) is 5.38 Å². The van der Waals surface area contributed by atoms with Gasteiger partial charge in [-0.15, -0.1) is 11.3 Å². The molecule has 1 aliphatic rings. The molecule has 0 aliphatic heterocycles. The maximum absolute atomic E-state index is 12.8. The average Bonchev–Trinajstić information content (AvgIpc) is 2.90. The molecule has 2 nitrogen and oxygen atoms in total. The van der Waals surface area contributed by atoms with Crippen LogP contribution in [0, 0.1) is 5.92 Å². The van der Waals surface area contributed by atoms with Crippen molar-refractivity contribution in [1.29, 1.82) is 0 Å². The monoisotopic (exact) mass is 292 g/mol. The second-order valence-electron chi connectivity index (χ2n) is 5.16. The smallest absolute Gasteiger partial charge is 0.305 e. The highest BCUT2D eigenvalue weighted by atomic mass is 32.1. The van der Waals surface area contributed by atoms with Gasteiger partial charge in [0.25, 0.3) is 0 Å². The summed E-state index contributed by atoms with van der Waals surface area (Å²) < 4.78 is 38.3. The molecule has 1 N–H and O–H groups in total. The van der Waals surface area contributed by atoms with Crippen molar-refractivity contribution in [3.05, 3.63) is 16.6 Å². The largest absolute Gasteiger partial charge is 0.391 e. The zero-order valence-corrected chi connectivity index (χ0v) is 11.8. The van der Waals surface area contributed by atoms with Gasteiger partial charge in [-0.1, -0.05) is 6.92 Å². The van der Waals surface area contributed by atoms with E-state index >= 15 is 0 Å². The number of nitrogens with zero attached hydrogens (tertiary/aromatic N) is 1. The molecule has 6 heteroatoms. The number of hydrogen-bond acceptors (Lipinski definition) is 3. The lowest BCUT2D eigenvalue weighted by Gasteiger charge is -2.40. The molecule has 0 saturated heterocycles. The Labute approximate surface area is 115 Å². The van der Waals surface area contributed by atoms with Gasteiger partial charge in [-0.3, -0.25) is 0 Å². The minimum Gasteiger partial charge on any atom is -0.305 e.